The Morgan fingerprint density at radius 2 is 1.73 bits per heavy atom. The number of rotatable bonds is 3. The van der Waals surface area contributed by atoms with Crippen LogP contribution >= 0.6 is 23.2 Å². The molecule has 0 unspecified atom stereocenters. The Balaban J connectivity index is 1.86. The average Bonchev–Trinajstić information content (AvgIpc) is 2.73. The van der Waals surface area contributed by atoms with E-state index >= 15 is 0 Å². The summed E-state index contributed by atoms with van der Waals surface area (Å²) in [5.74, 6) is -0.557. The second-order valence-electron chi connectivity index (χ2n) is 7.69. The number of nitrogens with one attached hydrogen (secondary N) is 1. The lowest BCUT2D eigenvalue weighted by molar-refractivity contribution is -0.137. The van der Waals surface area contributed by atoms with Crippen LogP contribution in [0.2, 0.25) is 10.0 Å². The molecule has 0 saturated carbocycles. The van der Waals surface area contributed by atoms with E-state index in [-0.39, 0.29) is 11.3 Å². The highest BCUT2D eigenvalue weighted by Crippen LogP contribution is 2.34. The predicted octanol–water partition coefficient (Wildman–Crippen LogP) is 8.10. The molecule has 1 aromatic heterocycles. The molecule has 0 aliphatic heterocycles. The van der Waals surface area contributed by atoms with E-state index in [4.69, 9.17) is 28.2 Å². The largest absolute Gasteiger partial charge is 0.416 e. The highest BCUT2D eigenvalue weighted by molar-refractivity contribution is 6.36. The van der Waals surface area contributed by atoms with Crippen molar-refractivity contribution < 1.29 is 18.0 Å². The van der Waals surface area contributed by atoms with E-state index in [0.29, 0.717) is 32.2 Å². The number of anilines is 1. The van der Waals surface area contributed by atoms with Gasteiger partial charge in [-0.3, -0.25) is 4.79 Å². The van der Waals surface area contributed by atoms with Crippen LogP contribution in [0.15, 0.2) is 60.7 Å². The lowest BCUT2D eigenvalue weighted by Crippen LogP contribution is -2.14. The molecule has 0 saturated heterocycles. The first-order valence-electron chi connectivity index (χ1n) is 9.89. The number of carbonyl (C=O) groups excluding carboxylic acids is 1. The number of amides is 1. The first-order valence-corrected chi connectivity index (χ1v) is 10.6. The van der Waals surface area contributed by atoms with Gasteiger partial charge in [-0.2, -0.15) is 13.2 Å². The number of aryl methyl sites for hydroxylation is 2. The van der Waals surface area contributed by atoms with Crippen LogP contribution in [0.4, 0.5) is 18.9 Å². The van der Waals surface area contributed by atoms with E-state index in [0.717, 1.165) is 23.3 Å². The van der Waals surface area contributed by atoms with Crippen LogP contribution in [-0.4, -0.2) is 10.9 Å². The van der Waals surface area contributed by atoms with Crippen molar-refractivity contribution in [1.29, 1.82) is 0 Å². The molecule has 1 N–H and O–H groups in total. The summed E-state index contributed by atoms with van der Waals surface area (Å²) in [6, 6.07) is 14.8. The van der Waals surface area contributed by atoms with E-state index in [9.17, 15) is 18.0 Å². The monoisotopic (exact) mass is 488 g/mol. The summed E-state index contributed by atoms with van der Waals surface area (Å²) in [5, 5.41) is 3.99. The molecule has 0 radical (unpaired) electrons. The third-order valence-electron chi connectivity index (χ3n) is 5.15. The minimum atomic E-state index is -4.52. The summed E-state index contributed by atoms with van der Waals surface area (Å²) < 4.78 is 39.3. The lowest BCUT2D eigenvalue weighted by atomic mass is 9.99. The van der Waals surface area contributed by atoms with E-state index in [1.54, 1.807) is 24.3 Å². The molecule has 0 atom stereocenters. The fourth-order valence-electron chi connectivity index (χ4n) is 3.68. The quantitative estimate of drug-likeness (QED) is 0.316. The second-order valence-corrected chi connectivity index (χ2v) is 8.53. The van der Waals surface area contributed by atoms with E-state index in [2.05, 4.69) is 5.32 Å². The summed E-state index contributed by atoms with van der Waals surface area (Å²) in [5.41, 5.74) is 2.86. The van der Waals surface area contributed by atoms with Crippen LogP contribution in [0.3, 0.4) is 0 Å². The SMILES string of the molecule is Cc1cc(C)c2nc(-c3ccc(Cl)cc3Cl)cc(C(=O)Nc3cccc(C(F)(F)F)c3)c2c1. The molecule has 0 fully saturated rings. The van der Waals surface area contributed by atoms with Crippen LogP contribution < -0.4 is 5.32 Å². The third kappa shape index (κ3) is 4.82. The molecule has 4 aromatic rings. The minimum Gasteiger partial charge on any atom is -0.322 e. The second kappa shape index (κ2) is 8.69. The summed E-state index contributed by atoms with van der Waals surface area (Å²) >= 11 is 12.4. The van der Waals surface area contributed by atoms with Gasteiger partial charge in [0.05, 0.1) is 27.4 Å². The Morgan fingerprint density at radius 3 is 2.42 bits per heavy atom. The summed E-state index contributed by atoms with van der Waals surface area (Å²) in [6.07, 6.45) is -4.52. The molecule has 168 valence electrons. The summed E-state index contributed by atoms with van der Waals surface area (Å²) in [6.45, 7) is 3.77. The fourth-order valence-corrected chi connectivity index (χ4v) is 4.18. The van der Waals surface area contributed by atoms with Gasteiger partial charge in [0.2, 0.25) is 0 Å². The molecule has 3 aromatic carbocycles. The van der Waals surface area contributed by atoms with Gasteiger partial charge in [0.25, 0.3) is 5.91 Å². The maximum absolute atomic E-state index is 13.3. The van der Waals surface area contributed by atoms with E-state index in [1.165, 1.54) is 12.1 Å². The maximum Gasteiger partial charge on any atom is 0.416 e. The first kappa shape index (κ1) is 23.1. The Bertz CT molecular complexity index is 1400. The lowest BCUT2D eigenvalue weighted by Gasteiger charge is -2.14. The molecular weight excluding hydrogens is 472 g/mol. The van der Waals surface area contributed by atoms with Crippen molar-refractivity contribution in [2.24, 2.45) is 0 Å². The van der Waals surface area contributed by atoms with Crippen molar-refractivity contribution in [3.63, 3.8) is 0 Å². The van der Waals surface area contributed by atoms with E-state index < -0.39 is 17.6 Å². The molecule has 0 bridgehead atoms. The van der Waals surface area contributed by atoms with Crippen LogP contribution in [-0.2, 0) is 6.18 Å². The molecule has 3 nitrogen and oxygen atoms in total. The summed E-state index contributed by atoms with van der Waals surface area (Å²) in [4.78, 5) is 18.0. The molecule has 0 aliphatic carbocycles. The van der Waals surface area contributed by atoms with Gasteiger partial charge in [-0.15, -0.1) is 0 Å². The van der Waals surface area contributed by atoms with Crippen molar-refractivity contribution in [1.82, 2.24) is 4.98 Å². The molecule has 1 amide bonds. The number of fused-ring (bicyclic) bond motifs is 1. The zero-order chi connectivity index (χ0) is 23.9. The van der Waals surface area contributed by atoms with Gasteiger partial charge in [0.1, 0.15) is 0 Å². The highest BCUT2D eigenvalue weighted by Gasteiger charge is 2.30. The molecular formula is C25H17Cl2F3N2O. The van der Waals surface area contributed by atoms with Gasteiger partial charge < -0.3 is 5.32 Å². The number of hydrogen-bond acceptors (Lipinski definition) is 2. The van der Waals surface area contributed by atoms with Crippen LogP contribution in [0.5, 0.6) is 0 Å². The Labute approximate surface area is 198 Å². The van der Waals surface area contributed by atoms with Crippen molar-refractivity contribution >= 4 is 45.7 Å². The predicted molar refractivity (Wildman–Crippen MR) is 126 cm³/mol. The van der Waals surface area contributed by atoms with Crippen molar-refractivity contribution in [3.05, 3.63) is 93.0 Å². The molecule has 4 rings (SSSR count). The van der Waals surface area contributed by atoms with Gasteiger partial charge in [-0.1, -0.05) is 40.9 Å². The van der Waals surface area contributed by atoms with E-state index in [1.807, 2.05) is 26.0 Å². The Kier molecular flexibility index (Phi) is 6.08. The number of benzene rings is 3. The van der Waals surface area contributed by atoms with Gasteiger partial charge in [-0.25, -0.2) is 4.98 Å². The average molecular weight is 489 g/mol. The zero-order valence-corrected chi connectivity index (χ0v) is 19.0. The van der Waals surface area contributed by atoms with Gasteiger partial charge in [0.15, 0.2) is 0 Å². The van der Waals surface area contributed by atoms with Gasteiger partial charge in [-0.05, 0) is 67.9 Å². The molecule has 33 heavy (non-hydrogen) atoms. The standard InChI is InChI=1S/C25H17Cl2F3N2O/c1-13-8-14(2)23-19(9-13)20(12-22(32-23)18-7-6-16(26)11-21(18)27)24(33)31-17-5-3-4-15(10-17)25(28,29)30/h3-12H,1-2H3,(H,31,33). The Hall–Kier alpha value is -3.09. The topological polar surface area (TPSA) is 42.0 Å². The molecule has 8 heteroatoms. The zero-order valence-electron chi connectivity index (χ0n) is 17.5. The number of alkyl halides is 3. The maximum atomic E-state index is 13.3. The fraction of sp³-hybridized carbons (Fsp3) is 0.120. The van der Waals surface area contributed by atoms with Crippen LogP contribution in [0, 0.1) is 13.8 Å². The van der Waals surface area contributed by atoms with Crippen LogP contribution in [0.1, 0.15) is 27.0 Å². The molecule has 0 spiro atoms. The summed E-state index contributed by atoms with van der Waals surface area (Å²) in [7, 11) is 0. The van der Waals surface area contributed by atoms with Gasteiger partial charge >= 0.3 is 6.18 Å². The number of aromatic nitrogens is 1. The highest BCUT2D eigenvalue weighted by atomic mass is 35.5. The van der Waals surface area contributed by atoms with Crippen molar-refractivity contribution in [2.45, 2.75) is 20.0 Å². The van der Waals surface area contributed by atoms with Crippen molar-refractivity contribution in [3.8, 4) is 11.3 Å². The smallest absolute Gasteiger partial charge is 0.322 e. The van der Waals surface area contributed by atoms with Crippen LogP contribution in [0.25, 0.3) is 22.2 Å². The number of nitrogens with zero attached hydrogens (tertiary/aromatic N) is 1. The van der Waals surface area contributed by atoms with Gasteiger partial charge in [0, 0.05) is 21.7 Å². The third-order valence-corrected chi connectivity index (χ3v) is 5.70. The minimum absolute atomic E-state index is 0.0373. The number of pyridine rings is 1. The number of hydrogen-bond donors (Lipinski definition) is 1. The molecule has 1 heterocycles. The number of carbonyl (C=O) groups is 1. The molecule has 0 aliphatic rings. The van der Waals surface area contributed by atoms with Crippen molar-refractivity contribution in [2.75, 3.05) is 5.32 Å². The number of halogens is 5. The normalized spacial score (nSPS) is 11.6. The Morgan fingerprint density at radius 1 is 0.970 bits per heavy atom. The first-order chi connectivity index (χ1) is 15.5.